The monoisotopic (exact) mass is 405 g/mol. The first-order valence-electron chi connectivity index (χ1n) is 9.09. The standard InChI is InChI=1S/C16H19N7O6/c17-14-19-15(18)21(16(20-14)4-2-1-3-5-16)9-8-10-13(29-7-6-28-10)12(23(26)27)11(9)22(24)25/h8H,1-7H2,(H4,17,18,19,20). The number of guanidine groups is 2. The molecule has 1 aromatic rings. The van der Waals surface area contributed by atoms with Gasteiger partial charge in [0.25, 0.3) is 0 Å². The Morgan fingerprint density at radius 3 is 2.34 bits per heavy atom. The molecule has 1 saturated carbocycles. The second-order valence-corrected chi connectivity index (χ2v) is 6.95. The first-order valence-corrected chi connectivity index (χ1v) is 9.09. The van der Waals surface area contributed by atoms with Crippen LogP contribution in [-0.2, 0) is 0 Å². The van der Waals surface area contributed by atoms with Crippen LogP contribution in [0.5, 0.6) is 11.5 Å². The lowest BCUT2D eigenvalue weighted by Crippen LogP contribution is -2.58. The van der Waals surface area contributed by atoms with Gasteiger partial charge in [-0.3, -0.25) is 25.1 Å². The van der Waals surface area contributed by atoms with E-state index in [2.05, 4.69) is 9.98 Å². The summed E-state index contributed by atoms with van der Waals surface area (Å²) < 4.78 is 10.8. The first-order chi connectivity index (χ1) is 13.8. The minimum Gasteiger partial charge on any atom is -0.486 e. The molecule has 13 heteroatoms. The second-order valence-electron chi connectivity index (χ2n) is 6.95. The molecule has 0 aromatic heterocycles. The lowest BCUT2D eigenvalue weighted by atomic mass is 9.87. The number of aliphatic imine (C=N–C) groups is 2. The smallest absolute Gasteiger partial charge is 0.393 e. The van der Waals surface area contributed by atoms with Gasteiger partial charge in [0.05, 0.1) is 9.85 Å². The zero-order chi connectivity index (χ0) is 20.8. The summed E-state index contributed by atoms with van der Waals surface area (Å²) in [5.41, 5.74) is 9.29. The van der Waals surface area contributed by atoms with Crippen LogP contribution in [0, 0.1) is 20.2 Å². The quantitative estimate of drug-likeness (QED) is 0.553. The van der Waals surface area contributed by atoms with Gasteiger partial charge >= 0.3 is 11.4 Å². The van der Waals surface area contributed by atoms with E-state index >= 15 is 0 Å². The number of hydrogen-bond acceptors (Lipinski definition) is 11. The van der Waals surface area contributed by atoms with Crippen LogP contribution in [-0.4, -0.2) is 40.6 Å². The van der Waals surface area contributed by atoms with Crippen molar-refractivity contribution in [2.75, 3.05) is 18.1 Å². The van der Waals surface area contributed by atoms with Gasteiger partial charge in [-0.2, -0.15) is 4.99 Å². The van der Waals surface area contributed by atoms with E-state index in [4.69, 9.17) is 20.9 Å². The number of rotatable bonds is 3. The largest absolute Gasteiger partial charge is 0.486 e. The number of hydrogen-bond donors (Lipinski definition) is 2. The Morgan fingerprint density at radius 1 is 1.03 bits per heavy atom. The molecule has 2 heterocycles. The molecule has 0 saturated heterocycles. The summed E-state index contributed by atoms with van der Waals surface area (Å²) in [7, 11) is 0. The molecule has 1 spiro atoms. The van der Waals surface area contributed by atoms with Crippen molar-refractivity contribution in [3.8, 4) is 11.5 Å². The summed E-state index contributed by atoms with van der Waals surface area (Å²) in [6, 6.07) is 1.33. The highest BCUT2D eigenvalue weighted by Crippen LogP contribution is 2.53. The van der Waals surface area contributed by atoms with E-state index in [1.807, 2.05) is 0 Å². The third-order valence-electron chi connectivity index (χ3n) is 5.22. The zero-order valence-corrected chi connectivity index (χ0v) is 15.4. The van der Waals surface area contributed by atoms with Crippen molar-refractivity contribution in [3.63, 3.8) is 0 Å². The van der Waals surface area contributed by atoms with Crippen molar-refractivity contribution in [2.45, 2.75) is 37.8 Å². The fraction of sp³-hybridized carbons (Fsp3) is 0.500. The van der Waals surface area contributed by atoms with Gasteiger partial charge in [0.15, 0.2) is 5.75 Å². The Morgan fingerprint density at radius 2 is 1.69 bits per heavy atom. The van der Waals surface area contributed by atoms with Crippen molar-refractivity contribution in [3.05, 3.63) is 26.3 Å². The van der Waals surface area contributed by atoms with Crippen LogP contribution in [0.4, 0.5) is 17.1 Å². The van der Waals surface area contributed by atoms with Crippen LogP contribution < -0.4 is 25.8 Å². The molecule has 154 valence electrons. The van der Waals surface area contributed by atoms with Gasteiger partial charge in [0, 0.05) is 6.07 Å². The molecule has 0 unspecified atom stereocenters. The van der Waals surface area contributed by atoms with Crippen molar-refractivity contribution < 1.29 is 19.3 Å². The maximum absolute atomic E-state index is 12.0. The van der Waals surface area contributed by atoms with E-state index in [9.17, 15) is 20.2 Å². The van der Waals surface area contributed by atoms with E-state index < -0.39 is 26.9 Å². The van der Waals surface area contributed by atoms with Gasteiger partial charge in [0.2, 0.25) is 17.7 Å². The Hall–Kier alpha value is -3.64. The van der Waals surface area contributed by atoms with Crippen molar-refractivity contribution in [1.82, 2.24) is 0 Å². The second kappa shape index (κ2) is 6.76. The van der Waals surface area contributed by atoms with Crippen molar-refractivity contribution in [1.29, 1.82) is 0 Å². The topological polar surface area (TPSA) is 185 Å². The first kappa shape index (κ1) is 18.7. The molecule has 29 heavy (non-hydrogen) atoms. The molecule has 0 atom stereocenters. The molecule has 1 aromatic carbocycles. The van der Waals surface area contributed by atoms with Crippen molar-refractivity contribution in [2.24, 2.45) is 21.5 Å². The van der Waals surface area contributed by atoms with Crippen LogP contribution in [0.3, 0.4) is 0 Å². The molecule has 0 bridgehead atoms. The van der Waals surface area contributed by atoms with Gasteiger partial charge in [-0.15, -0.1) is 0 Å². The van der Waals surface area contributed by atoms with Crippen LogP contribution in [0.2, 0.25) is 0 Å². The number of fused-ring (bicyclic) bond motifs is 1. The SMILES string of the molecule is NC1=NC2(CCCCC2)N(c2cc3c(c([N+](=O)[O-])c2[N+](=O)[O-])OCCO3)C(N)=N1. The minimum atomic E-state index is -1.00. The average molecular weight is 405 g/mol. The summed E-state index contributed by atoms with van der Waals surface area (Å²) in [5.74, 6) is -0.390. The number of nitrogens with two attached hydrogens (primary N) is 2. The minimum absolute atomic E-state index is 0.0321. The number of nitrogens with zero attached hydrogens (tertiary/aromatic N) is 5. The number of benzene rings is 1. The fourth-order valence-corrected chi connectivity index (χ4v) is 4.14. The molecule has 2 aliphatic heterocycles. The summed E-state index contributed by atoms with van der Waals surface area (Å²) in [5, 5.41) is 23.7. The molecule has 0 amide bonds. The molecule has 13 nitrogen and oxygen atoms in total. The highest BCUT2D eigenvalue weighted by Gasteiger charge is 2.48. The van der Waals surface area contributed by atoms with Gasteiger partial charge in [-0.05, 0) is 25.7 Å². The van der Waals surface area contributed by atoms with Crippen LogP contribution in [0.1, 0.15) is 32.1 Å². The van der Waals surface area contributed by atoms with E-state index in [-0.39, 0.29) is 42.3 Å². The molecule has 0 radical (unpaired) electrons. The Kier molecular flexibility index (Phi) is 4.36. The van der Waals surface area contributed by atoms with Gasteiger partial charge in [0.1, 0.15) is 24.6 Å². The molecule has 1 aliphatic carbocycles. The van der Waals surface area contributed by atoms with Gasteiger partial charge in [-0.1, -0.05) is 6.42 Å². The zero-order valence-electron chi connectivity index (χ0n) is 15.4. The highest BCUT2D eigenvalue weighted by molar-refractivity contribution is 6.07. The predicted octanol–water partition coefficient (Wildman–Crippen LogP) is 1.38. The number of nitro groups is 2. The number of ether oxygens (including phenoxy) is 2. The Bertz CT molecular complexity index is 954. The maximum atomic E-state index is 12.0. The Balaban J connectivity index is 2.00. The summed E-state index contributed by atoms with van der Waals surface area (Å²) in [6.07, 6.45) is 3.58. The maximum Gasteiger partial charge on any atom is 0.393 e. The molecule has 1 fully saturated rings. The van der Waals surface area contributed by atoms with Crippen LogP contribution in [0.15, 0.2) is 16.1 Å². The molecule has 3 aliphatic rings. The molecule has 4 rings (SSSR count). The van der Waals surface area contributed by atoms with Gasteiger partial charge in [-0.25, -0.2) is 4.99 Å². The van der Waals surface area contributed by atoms with E-state index in [1.54, 1.807) is 0 Å². The third kappa shape index (κ3) is 2.94. The molecule has 4 N–H and O–H groups in total. The summed E-state index contributed by atoms with van der Waals surface area (Å²) in [4.78, 5) is 31.9. The third-order valence-corrected chi connectivity index (χ3v) is 5.22. The summed E-state index contributed by atoms with van der Waals surface area (Å²) >= 11 is 0. The average Bonchev–Trinajstić information content (AvgIpc) is 2.66. The van der Waals surface area contributed by atoms with Crippen LogP contribution >= 0.6 is 0 Å². The predicted molar refractivity (Wildman–Crippen MR) is 102 cm³/mol. The highest BCUT2D eigenvalue weighted by atomic mass is 16.6. The van der Waals surface area contributed by atoms with Crippen LogP contribution in [0.25, 0.3) is 0 Å². The van der Waals surface area contributed by atoms with E-state index in [1.165, 1.54) is 11.0 Å². The van der Waals surface area contributed by atoms with Gasteiger partial charge < -0.3 is 20.9 Å². The van der Waals surface area contributed by atoms with E-state index in [0.29, 0.717) is 12.8 Å². The summed E-state index contributed by atoms with van der Waals surface area (Å²) in [6.45, 7) is 0.198. The normalized spacial score (nSPS) is 20.1. The molecular weight excluding hydrogens is 386 g/mol. The van der Waals surface area contributed by atoms with E-state index in [0.717, 1.165) is 19.3 Å². The number of nitro benzene ring substituents is 2. The molecular formula is C16H19N7O6. The lowest BCUT2D eigenvalue weighted by molar-refractivity contribution is -0.422. The van der Waals surface area contributed by atoms with Crippen molar-refractivity contribution >= 4 is 29.0 Å². The number of anilines is 1. The Labute approximate surface area is 164 Å². The fourth-order valence-electron chi connectivity index (χ4n) is 4.14. The lowest BCUT2D eigenvalue weighted by Gasteiger charge is -2.45.